The Morgan fingerprint density at radius 1 is 1.08 bits per heavy atom. The van der Waals surface area contributed by atoms with Crippen LogP contribution in [0, 0.1) is 5.92 Å². The summed E-state index contributed by atoms with van der Waals surface area (Å²) < 4.78 is 6.93. The minimum atomic E-state index is 0.227. The Morgan fingerprint density at radius 3 is 2.85 bits per heavy atom. The first kappa shape index (κ1) is 16.0. The summed E-state index contributed by atoms with van der Waals surface area (Å²) >= 11 is 3.63. The Morgan fingerprint density at radius 2 is 1.96 bits per heavy atom. The Balaban J connectivity index is 1.72. The third kappa shape index (κ3) is 2.38. The van der Waals surface area contributed by atoms with Gasteiger partial charge in [0.1, 0.15) is 5.75 Å². The van der Waals surface area contributed by atoms with Gasteiger partial charge in [-0.3, -0.25) is 0 Å². The van der Waals surface area contributed by atoms with E-state index < -0.39 is 0 Å². The highest BCUT2D eigenvalue weighted by Gasteiger charge is 2.39. The molecule has 3 heteroatoms. The molecular weight excluding hydrogens is 386 g/mol. The number of halogens is 1. The predicted octanol–water partition coefficient (Wildman–Crippen LogP) is 6.44. The Labute approximate surface area is 162 Å². The zero-order chi connectivity index (χ0) is 17.7. The highest BCUT2D eigenvalue weighted by Crippen LogP contribution is 2.52. The summed E-state index contributed by atoms with van der Waals surface area (Å²) in [6.07, 6.45) is 5.79. The zero-order valence-electron chi connectivity index (χ0n) is 14.6. The maximum atomic E-state index is 5.79. The molecule has 5 rings (SSSR count). The molecule has 2 nitrogen and oxygen atoms in total. The normalized spacial score (nSPS) is 23.4. The van der Waals surface area contributed by atoms with Crippen molar-refractivity contribution in [3.63, 3.8) is 0 Å². The molecule has 130 valence electrons. The van der Waals surface area contributed by atoms with Crippen LogP contribution in [0.4, 0.5) is 5.69 Å². The fourth-order valence-corrected chi connectivity index (χ4v) is 5.00. The summed E-state index contributed by atoms with van der Waals surface area (Å²) in [6.45, 7) is 0. The second-order valence-corrected chi connectivity index (χ2v) is 8.03. The Bertz CT molecular complexity index is 1030. The predicted molar refractivity (Wildman–Crippen MR) is 111 cm³/mol. The van der Waals surface area contributed by atoms with E-state index in [2.05, 4.69) is 88.0 Å². The van der Waals surface area contributed by atoms with Gasteiger partial charge in [0.25, 0.3) is 0 Å². The first-order valence-electron chi connectivity index (χ1n) is 9.04. The molecule has 26 heavy (non-hydrogen) atoms. The lowest BCUT2D eigenvalue weighted by Gasteiger charge is -2.38. The average molecular weight is 406 g/mol. The largest absolute Gasteiger partial charge is 0.496 e. The van der Waals surface area contributed by atoms with Crippen LogP contribution in [-0.4, -0.2) is 7.11 Å². The second-order valence-electron chi connectivity index (χ2n) is 7.11. The van der Waals surface area contributed by atoms with E-state index >= 15 is 0 Å². The van der Waals surface area contributed by atoms with Crippen molar-refractivity contribution in [2.24, 2.45) is 5.92 Å². The summed E-state index contributed by atoms with van der Waals surface area (Å²) in [5.74, 6) is 1.90. The number of allylic oxidation sites excluding steroid dienone is 2. The van der Waals surface area contributed by atoms with Gasteiger partial charge in [-0.1, -0.05) is 58.4 Å². The highest BCUT2D eigenvalue weighted by atomic mass is 79.9. The van der Waals surface area contributed by atoms with Crippen LogP contribution in [0.3, 0.4) is 0 Å². The van der Waals surface area contributed by atoms with E-state index in [9.17, 15) is 0 Å². The number of anilines is 1. The fraction of sp³-hybridized carbons (Fsp3) is 0.217. The smallest absolute Gasteiger partial charge is 0.124 e. The molecule has 3 atom stereocenters. The summed E-state index contributed by atoms with van der Waals surface area (Å²) in [6, 6.07) is 19.6. The average Bonchev–Trinajstić information content (AvgIpc) is 3.17. The van der Waals surface area contributed by atoms with Crippen molar-refractivity contribution in [2.45, 2.75) is 18.4 Å². The number of fused-ring (bicyclic) bond motifs is 4. The molecule has 3 unspecified atom stereocenters. The van der Waals surface area contributed by atoms with Crippen LogP contribution in [0.2, 0.25) is 0 Å². The molecule has 0 fully saturated rings. The number of nitrogens with one attached hydrogen (secondary N) is 1. The first-order valence-corrected chi connectivity index (χ1v) is 9.84. The van der Waals surface area contributed by atoms with Crippen LogP contribution in [-0.2, 0) is 0 Å². The Kier molecular flexibility index (Phi) is 3.79. The molecule has 0 radical (unpaired) electrons. The molecule has 1 N–H and O–H groups in total. The molecule has 0 saturated heterocycles. The number of rotatable bonds is 2. The van der Waals surface area contributed by atoms with Crippen LogP contribution < -0.4 is 10.1 Å². The molecular formula is C23H20BrNO. The van der Waals surface area contributed by atoms with E-state index in [1.807, 2.05) is 0 Å². The van der Waals surface area contributed by atoms with E-state index in [1.165, 1.54) is 27.6 Å². The molecule has 1 aliphatic carbocycles. The number of methoxy groups -OCH3 is 1. The standard InChI is InChI=1S/C23H20BrNO/c1-26-21-12-9-14-5-2-3-6-16(14)22(21)23-18-8-4-7-17(18)19-13-15(24)10-11-20(19)25-23/h2-7,9-13,17-18,23,25H,8H2,1H3. The van der Waals surface area contributed by atoms with Gasteiger partial charge in [-0.25, -0.2) is 0 Å². The molecule has 1 heterocycles. The van der Waals surface area contributed by atoms with Crippen molar-refractivity contribution in [2.75, 3.05) is 12.4 Å². The van der Waals surface area contributed by atoms with Crippen LogP contribution in [0.15, 0.2) is 71.2 Å². The lowest BCUT2D eigenvalue weighted by molar-refractivity contribution is 0.383. The third-order valence-electron chi connectivity index (χ3n) is 5.79. The summed E-state index contributed by atoms with van der Waals surface area (Å²) in [7, 11) is 1.77. The lowest BCUT2D eigenvalue weighted by Crippen LogP contribution is -2.29. The maximum Gasteiger partial charge on any atom is 0.124 e. The van der Waals surface area contributed by atoms with Gasteiger partial charge in [-0.05, 0) is 52.9 Å². The summed E-state index contributed by atoms with van der Waals surface area (Å²) in [4.78, 5) is 0. The van der Waals surface area contributed by atoms with Gasteiger partial charge < -0.3 is 10.1 Å². The van der Waals surface area contributed by atoms with Gasteiger partial charge in [-0.15, -0.1) is 0 Å². The van der Waals surface area contributed by atoms with E-state index in [0.717, 1.165) is 16.6 Å². The SMILES string of the molecule is COc1ccc2ccccc2c1C1Nc2ccc(Br)cc2C2C=CCC21. The van der Waals surface area contributed by atoms with Crippen molar-refractivity contribution in [1.29, 1.82) is 0 Å². The van der Waals surface area contributed by atoms with Crippen molar-refractivity contribution in [1.82, 2.24) is 0 Å². The monoisotopic (exact) mass is 405 g/mol. The molecule has 3 aromatic carbocycles. The number of benzene rings is 3. The van der Waals surface area contributed by atoms with Gasteiger partial charge in [0.05, 0.1) is 13.2 Å². The number of hydrogen-bond donors (Lipinski definition) is 1. The van der Waals surface area contributed by atoms with Gasteiger partial charge in [0.2, 0.25) is 0 Å². The zero-order valence-corrected chi connectivity index (χ0v) is 16.2. The molecule has 0 amide bonds. The van der Waals surface area contributed by atoms with Crippen LogP contribution in [0.25, 0.3) is 10.8 Å². The van der Waals surface area contributed by atoms with Gasteiger partial charge >= 0.3 is 0 Å². The van der Waals surface area contributed by atoms with Crippen LogP contribution in [0.1, 0.15) is 29.5 Å². The van der Waals surface area contributed by atoms with Gasteiger partial charge in [0.15, 0.2) is 0 Å². The van der Waals surface area contributed by atoms with Gasteiger partial charge in [0, 0.05) is 21.6 Å². The molecule has 0 saturated carbocycles. The lowest BCUT2D eigenvalue weighted by atomic mass is 9.76. The maximum absolute atomic E-state index is 5.79. The van der Waals surface area contributed by atoms with E-state index in [1.54, 1.807) is 7.11 Å². The quantitative estimate of drug-likeness (QED) is 0.495. The van der Waals surface area contributed by atoms with Crippen LogP contribution in [0.5, 0.6) is 5.75 Å². The fourth-order valence-electron chi connectivity index (χ4n) is 4.63. The molecule has 0 spiro atoms. The minimum absolute atomic E-state index is 0.227. The molecule has 3 aromatic rings. The van der Waals surface area contributed by atoms with Crippen molar-refractivity contribution < 1.29 is 4.74 Å². The number of hydrogen-bond acceptors (Lipinski definition) is 2. The second kappa shape index (κ2) is 6.17. The molecule has 0 aromatic heterocycles. The first-order chi connectivity index (χ1) is 12.8. The van der Waals surface area contributed by atoms with E-state index in [0.29, 0.717) is 11.8 Å². The van der Waals surface area contributed by atoms with Crippen molar-refractivity contribution in [3.8, 4) is 5.75 Å². The van der Waals surface area contributed by atoms with E-state index in [-0.39, 0.29) is 6.04 Å². The Hall–Kier alpha value is -2.26. The van der Waals surface area contributed by atoms with Crippen molar-refractivity contribution >= 4 is 32.4 Å². The topological polar surface area (TPSA) is 21.3 Å². The molecule has 2 aliphatic rings. The molecule has 0 bridgehead atoms. The summed E-state index contributed by atoms with van der Waals surface area (Å²) in [5, 5.41) is 6.37. The van der Waals surface area contributed by atoms with E-state index in [4.69, 9.17) is 4.74 Å². The number of ether oxygens (including phenoxy) is 1. The van der Waals surface area contributed by atoms with Crippen molar-refractivity contribution in [3.05, 3.63) is 82.3 Å². The summed E-state index contributed by atoms with van der Waals surface area (Å²) in [5.41, 5.74) is 3.88. The van der Waals surface area contributed by atoms with Crippen LogP contribution >= 0.6 is 15.9 Å². The highest BCUT2D eigenvalue weighted by molar-refractivity contribution is 9.10. The molecule has 1 aliphatic heterocycles. The minimum Gasteiger partial charge on any atom is -0.496 e. The van der Waals surface area contributed by atoms with Gasteiger partial charge in [-0.2, -0.15) is 0 Å². The third-order valence-corrected chi connectivity index (χ3v) is 6.28.